The fourth-order valence-electron chi connectivity index (χ4n) is 3.06. The van der Waals surface area contributed by atoms with Crippen molar-refractivity contribution in [2.75, 3.05) is 19.8 Å². The Morgan fingerprint density at radius 2 is 2.00 bits per heavy atom. The van der Waals surface area contributed by atoms with Crippen molar-refractivity contribution in [3.63, 3.8) is 0 Å². The van der Waals surface area contributed by atoms with Crippen LogP contribution in [0, 0.1) is 11.8 Å². The largest absolute Gasteiger partial charge is 0.386 e. The molecule has 17 heavy (non-hydrogen) atoms. The Kier molecular flexibility index (Phi) is 4.45. The molecule has 2 rings (SSSR count). The summed E-state index contributed by atoms with van der Waals surface area (Å²) in [5.74, 6) is 1.73. The molecule has 2 aliphatic rings. The van der Waals surface area contributed by atoms with Crippen molar-refractivity contribution in [2.24, 2.45) is 11.8 Å². The van der Waals surface area contributed by atoms with Crippen LogP contribution >= 0.6 is 0 Å². The molecule has 2 N–H and O–H groups in total. The fourth-order valence-corrected chi connectivity index (χ4v) is 3.06. The Hall–Kier alpha value is -0.120. The van der Waals surface area contributed by atoms with Gasteiger partial charge in [-0.3, -0.25) is 0 Å². The minimum atomic E-state index is -0.602. The predicted octanol–water partition coefficient (Wildman–Crippen LogP) is 1.94. The van der Waals surface area contributed by atoms with Crippen LogP contribution in [0.15, 0.2) is 0 Å². The minimum absolute atomic E-state index is 0.501. The molecule has 3 heteroatoms. The third kappa shape index (κ3) is 3.67. The lowest BCUT2D eigenvalue weighted by atomic mass is 9.79. The molecule has 1 unspecified atom stereocenters. The van der Waals surface area contributed by atoms with Gasteiger partial charge in [-0.1, -0.05) is 13.8 Å². The lowest BCUT2D eigenvalue weighted by Gasteiger charge is -2.33. The van der Waals surface area contributed by atoms with Crippen LogP contribution < -0.4 is 5.32 Å². The second-order valence-electron chi connectivity index (χ2n) is 6.26. The smallest absolute Gasteiger partial charge is 0.102 e. The van der Waals surface area contributed by atoms with Gasteiger partial charge in [-0.25, -0.2) is 0 Å². The molecule has 1 atom stereocenters. The summed E-state index contributed by atoms with van der Waals surface area (Å²) in [6.45, 7) is 6.57. The summed E-state index contributed by atoms with van der Waals surface area (Å²) in [5, 5.41) is 13.7. The molecule has 100 valence electrons. The highest BCUT2D eigenvalue weighted by molar-refractivity contribution is 4.87. The zero-order chi connectivity index (χ0) is 12.3. The van der Waals surface area contributed by atoms with Crippen molar-refractivity contribution in [1.82, 2.24) is 5.32 Å². The lowest BCUT2D eigenvalue weighted by Crippen LogP contribution is -2.46. The first-order chi connectivity index (χ1) is 8.09. The summed E-state index contributed by atoms with van der Waals surface area (Å²) < 4.78 is 5.26. The average Bonchev–Trinajstić information content (AvgIpc) is 2.75. The second kappa shape index (κ2) is 5.68. The minimum Gasteiger partial charge on any atom is -0.386 e. The van der Waals surface area contributed by atoms with E-state index in [1.165, 1.54) is 25.7 Å². The van der Waals surface area contributed by atoms with Crippen LogP contribution in [0.1, 0.15) is 46.0 Å². The molecule has 1 aliphatic carbocycles. The van der Waals surface area contributed by atoms with Crippen LogP contribution in [-0.2, 0) is 4.74 Å². The van der Waals surface area contributed by atoms with Gasteiger partial charge in [-0.05, 0) is 37.5 Å². The van der Waals surface area contributed by atoms with Gasteiger partial charge in [0.05, 0.1) is 6.61 Å². The topological polar surface area (TPSA) is 41.5 Å². The van der Waals surface area contributed by atoms with E-state index in [-0.39, 0.29) is 0 Å². The number of hydrogen-bond acceptors (Lipinski definition) is 3. The molecule has 0 spiro atoms. The number of hydrogen-bond donors (Lipinski definition) is 2. The van der Waals surface area contributed by atoms with E-state index in [4.69, 9.17) is 4.74 Å². The monoisotopic (exact) mass is 241 g/mol. The summed E-state index contributed by atoms with van der Waals surface area (Å²) in [5.41, 5.74) is -0.602. The van der Waals surface area contributed by atoms with Crippen molar-refractivity contribution in [3.05, 3.63) is 0 Å². The standard InChI is InChI=1S/C14H27NO2/c1-11(2)12-3-5-13(6-4-12)15-9-14(16)7-8-17-10-14/h11-13,15-16H,3-10H2,1-2H3. The highest BCUT2D eigenvalue weighted by atomic mass is 16.5. The molecule has 1 aliphatic heterocycles. The number of nitrogens with one attached hydrogen (secondary N) is 1. The quantitative estimate of drug-likeness (QED) is 0.790. The SMILES string of the molecule is CC(C)C1CCC(NCC2(O)CCOC2)CC1. The summed E-state index contributed by atoms with van der Waals surface area (Å²) in [4.78, 5) is 0. The maximum Gasteiger partial charge on any atom is 0.102 e. The van der Waals surface area contributed by atoms with Crippen LogP contribution in [-0.4, -0.2) is 36.5 Å². The van der Waals surface area contributed by atoms with Gasteiger partial charge in [0.15, 0.2) is 0 Å². The Morgan fingerprint density at radius 1 is 1.29 bits per heavy atom. The first-order valence-electron chi connectivity index (χ1n) is 7.12. The Balaban J connectivity index is 1.68. The summed E-state index contributed by atoms with van der Waals surface area (Å²) in [7, 11) is 0. The van der Waals surface area contributed by atoms with E-state index in [0.717, 1.165) is 18.3 Å². The molecule has 0 bridgehead atoms. The maximum absolute atomic E-state index is 10.2. The third-order valence-electron chi connectivity index (χ3n) is 4.52. The summed E-state index contributed by atoms with van der Waals surface area (Å²) in [6.07, 6.45) is 5.98. The van der Waals surface area contributed by atoms with Crippen molar-refractivity contribution in [3.8, 4) is 0 Å². The van der Waals surface area contributed by atoms with Crippen LogP contribution in [0.3, 0.4) is 0 Å². The predicted molar refractivity (Wildman–Crippen MR) is 69.0 cm³/mol. The molecule has 0 radical (unpaired) electrons. The van der Waals surface area contributed by atoms with Gasteiger partial charge >= 0.3 is 0 Å². The maximum atomic E-state index is 10.2. The van der Waals surface area contributed by atoms with Crippen LogP contribution in [0.25, 0.3) is 0 Å². The van der Waals surface area contributed by atoms with Crippen LogP contribution in [0.2, 0.25) is 0 Å². The molecule has 0 aromatic carbocycles. The summed E-state index contributed by atoms with van der Waals surface area (Å²) >= 11 is 0. The molecule has 0 amide bonds. The van der Waals surface area contributed by atoms with Crippen LogP contribution in [0.5, 0.6) is 0 Å². The molecule has 0 aromatic rings. The highest BCUT2D eigenvalue weighted by Gasteiger charge is 2.33. The van der Waals surface area contributed by atoms with Gasteiger partial charge in [0.1, 0.15) is 5.60 Å². The molecular weight excluding hydrogens is 214 g/mol. The van der Waals surface area contributed by atoms with E-state index in [0.29, 0.717) is 25.8 Å². The van der Waals surface area contributed by atoms with Crippen molar-refractivity contribution >= 4 is 0 Å². The Bertz CT molecular complexity index is 228. The van der Waals surface area contributed by atoms with E-state index in [2.05, 4.69) is 19.2 Å². The molecule has 2 fully saturated rings. The average molecular weight is 241 g/mol. The van der Waals surface area contributed by atoms with Crippen molar-refractivity contribution < 1.29 is 9.84 Å². The number of rotatable bonds is 4. The lowest BCUT2D eigenvalue weighted by molar-refractivity contribution is 0.0230. The number of aliphatic hydroxyl groups is 1. The van der Waals surface area contributed by atoms with Gasteiger partial charge in [-0.15, -0.1) is 0 Å². The van der Waals surface area contributed by atoms with E-state index >= 15 is 0 Å². The normalized spacial score (nSPS) is 38.8. The van der Waals surface area contributed by atoms with Crippen LogP contribution in [0.4, 0.5) is 0 Å². The van der Waals surface area contributed by atoms with Gasteiger partial charge in [-0.2, -0.15) is 0 Å². The number of ether oxygens (including phenoxy) is 1. The molecular formula is C14H27NO2. The Morgan fingerprint density at radius 3 is 2.53 bits per heavy atom. The van der Waals surface area contributed by atoms with E-state index in [9.17, 15) is 5.11 Å². The fraction of sp³-hybridized carbons (Fsp3) is 1.00. The van der Waals surface area contributed by atoms with Gasteiger partial charge < -0.3 is 15.2 Å². The summed E-state index contributed by atoms with van der Waals surface area (Å²) in [6, 6.07) is 0.606. The molecule has 0 aromatic heterocycles. The second-order valence-corrected chi connectivity index (χ2v) is 6.26. The van der Waals surface area contributed by atoms with E-state index in [1.54, 1.807) is 0 Å². The van der Waals surface area contributed by atoms with Gasteiger partial charge in [0, 0.05) is 25.6 Å². The zero-order valence-corrected chi connectivity index (χ0v) is 11.2. The highest BCUT2D eigenvalue weighted by Crippen LogP contribution is 2.30. The van der Waals surface area contributed by atoms with Gasteiger partial charge in [0.2, 0.25) is 0 Å². The molecule has 1 heterocycles. The molecule has 1 saturated heterocycles. The molecule has 3 nitrogen and oxygen atoms in total. The zero-order valence-electron chi connectivity index (χ0n) is 11.2. The van der Waals surface area contributed by atoms with Gasteiger partial charge in [0.25, 0.3) is 0 Å². The van der Waals surface area contributed by atoms with E-state index in [1.807, 2.05) is 0 Å². The van der Waals surface area contributed by atoms with E-state index < -0.39 is 5.60 Å². The van der Waals surface area contributed by atoms with Crippen molar-refractivity contribution in [1.29, 1.82) is 0 Å². The Labute approximate surface area is 105 Å². The molecule has 1 saturated carbocycles. The first kappa shape index (κ1) is 13.3. The third-order valence-corrected chi connectivity index (χ3v) is 4.52. The van der Waals surface area contributed by atoms with Crippen molar-refractivity contribution in [2.45, 2.75) is 57.6 Å². The first-order valence-corrected chi connectivity index (χ1v) is 7.12.